The van der Waals surface area contributed by atoms with Gasteiger partial charge in [0.25, 0.3) is 5.91 Å². The number of aromatic nitrogens is 1. The molecule has 2 rings (SSSR count). The van der Waals surface area contributed by atoms with Crippen LogP contribution in [0.2, 0.25) is 0 Å². The van der Waals surface area contributed by atoms with Crippen molar-refractivity contribution in [3.63, 3.8) is 0 Å². The summed E-state index contributed by atoms with van der Waals surface area (Å²) < 4.78 is 5.29. The number of amides is 1. The average Bonchev–Trinajstić information content (AvgIpc) is 2.54. The predicted octanol–water partition coefficient (Wildman–Crippen LogP) is 2.44. The van der Waals surface area contributed by atoms with E-state index in [1.54, 1.807) is 31.5 Å². The third kappa shape index (κ3) is 4.14. The van der Waals surface area contributed by atoms with E-state index in [-0.39, 0.29) is 5.91 Å². The van der Waals surface area contributed by atoms with E-state index in [2.05, 4.69) is 15.5 Å². The minimum Gasteiger partial charge on any atom is -0.496 e. The van der Waals surface area contributed by atoms with Crippen molar-refractivity contribution >= 4 is 11.6 Å². The van der Waals surface area contributed by atoms with Gasteiger partial charge >= 0.3 is 0 Å². The number of carbonyl (C=O) groups is 1. The first-order chi connectivity index (χ1) is 10.2. The van der Waals surface area contributed by atoms with Crippen LogP contribution < -0.4 is 10.2 Å². The molecule has 0 bridgehead atoms. The Morgan fingerprint density at radius 3 is 2.71 bits per heavy atom. The first-order valence-electron chi connectivity index (χ1n) is 6.57. The molecule has 0 fully saturated rings. The van der Waals surface area contributed by atoms with Gasteiger partial charge in [0, 0.05) is 18.3 Å². The molecule has 1 aromatic heterocycles. The van der Waals surface area contributed by atoms with Crippen molar-refractivity contribution in [2.75, 3.05) is 7.11 Å². The second-order valence-electron chi connectivity index (χ2n) is 4.49. The van der Waals surface area contributed by atoms with E-state index in [1.165, 1.54) is 0 Å². The van der Waals surface area contributed by atoms with Crippen LogP contribution in [0.15, 0.2) is 53.8 Å². The smallest absolute Gasteiger partial charge is 0.289 e. The number of benzene rings is 1. The molecule has 1 N–H and O–H groups in total. The SMILES string of the molecule is COc1ccccc1C/C(C)=N\NC(=O)c1ccccn1. The van der Waals surface area contributed by atoms with Crippen molar-refractivity contribution < 1.29 is 9.53 Å². The van der Waals surface area contributed by atoms with Crippen LogP contribution in [0.25, 0.3) is 0 Å². The number of methoxy groups -OCH3 is 1. The molecule has 0 aliphatic carbocycles. The molecule has 21 heavy (non-hydrogen) atoms. The van der Waals surface area contributed by atoms with E-state index in [0.717, 1.165) is 17.0 Å². The summed E-state index contributed by atoms with van der Waals surface area (Å²) in [5.41, 5.74) is 4.64. The highest BCUT2D eigenvalue weighted by atomic mass is 16.5. The van der Waals surface area contributed by atoms with Gasteiger partial charge in [-0.2, -0.15) is 5.10 Å². The highest BCUT2D eigenvalue weighted by molar-refractivity contribution is 5.93. The zero-order valence-corrected chi connectivity index (χ0v) is 12.0. The molecule has 0 atom stereocenters. The van der Waals surface area contributed by atoms with E-state index in [9.17, 15) is 4.79 Å². The molecular formula is C16H17N3O2. The molecule has 1 aromatic carbocycles. The maximum Gasteiger partial charge on any atom is 0.289 e. The Balaban J connectivity index is 2.00. The standard InChI is InChI=1S/C16H17N3O2/c1-12(11-13-7-3-4-9-15(13)21-2)18-19-16(20)14-8-5-6-10-17-14/h3-10H,11H2,1-2H3,(H,19,20)/b18-12-. The quantitative estimate of drug-likeness (QED) is 0.677. The zero-order chi connectivity index (χ0) is 15.1. The van der Waals surface area contributed by atoms with E-state index < -0.39 is 0 Å². The summed E-state index contributed by atoms with van der Waals surface area (Å²) >= 11 is 0. The van der Waals surface area contributed by atoms with Crippen molar-refractivity contribution in [1.29, 1.82) is 0 Å². The fraction of sp³-hybridized carbons (Fsp3) is 0.188. The van der Waals surface area contributed by atoms with Crippen molar-refractivity contribution in [3.05, 3.63) is 59.9 Å². The van der Waals surface area contributed by atoms with E-state index in [1.807, 2.05) is 31.2 Å². The largest absolute Gasteiger partial charge is 0.496 e. The Morgan fingerprint density at radius 2 is 2.00 bits per heavy atom. The van der Waals surface area contributed by atoms with Gasteiger partial charge < -0.3 is 4.74 Å². The molecule has 5 heteroatoms. The molecule has 1 amide bonds. The zero-order valence-electron chi connectivity index (χ0n) is 12.0. The normalized spacial score (nSPS) is 11.0. The number of hydrazone groups is 1. The Hall–Kier alpha value is -2.69. The maximum atomic E-state index is 11.8. The third-order valence-electron chi connectivity index (χ3n) is 2.88. The van der Waals surface area contributed by atoms with Crippen molar-refractivity contribution in [1.82, 2.24) is 10.4 Å². The van der Waals surface area contributed by atoms with E-state index in [0.29, 0.717) is 12.1 Å². The average molecular weight is 283 g/mol. The van der Waals surface area contributed by atoms with Crippen LogP contribution in [0.3, 0.4) is 0 Å². The Kier molecular flexibility index (Phi) is 5.04. The fourth-order valence-electron chi connectivity index (χ4n) is 1.86. The molecule has 0 unspecified atom stereocenters. The predicted molar refractivity (Wildman–Crippen MR) is 81.5 cm³/mol. The van der Waals surface area contributed by atoms with Gasteiger partial charge in [-0.05, 0) is 30.7 Å². The fourth-order valence-corrected chi connectivity index (χ4v) is 1.86. The minimum absolute atomic E-state index is 0.324. The summed E-state index contributed by atoms with van der Waals surface area (Å²) in [7, 11) is 1.63. The summed E-state index contributed by atoms with van der Waals surface area (Å²) in [5, 5.41) is 4.09. The Morgan fingerprint density at radius 1 is 1.24 bits per heavy atom. The summed E-state index contributed by atoms with van der Waals surface area (Å²) in [5.74, 6) is 0.484. The van der Waals surface area contributed by atoms with Gasteiger partial charge in [0.2, 0.25) is 0 Å². The van der Waals surface area contributed by atoms with Crippen LogP contribution in [-0.2, 0) is 6.42 Å². The molecular weight excluding hydrogens is 266 g/mol. The first kappa shape index (κ1) is 14.7. The molecule has 108 valence electrons. The van der Waals surface area contributed by atoms with Gasteiger partial charge in [0.05, 0.1) is 7.11 Å². The van der Waals surface area contributed by atoms with E-state index >= 15 is 0 Å². The van der Waals surface area contributed by atoms with Gasteiger partial charge in [-0.1, -0.05) is 24.3 Å². The summed E-state index contributed by atoms with van der Waals surface area (Å²) in [6.45, 7) is 1.85. The van der Waals surface area contributed by atoms with Gasteiger partial charge in [-0.3, -0.25) is 9.78 Å². The molecule has 0 saturated heterocycles. The lowest BCUT2D eigenvalue weighted by Crippen LogP contribution is -2.20. The number of para-hydroxylation sites is 1. The van der Waals surface area contributed by atoms with Gasteiger partial charge in [0.1, 0.15) is 11.4 Å². The van der Waals surface area contributed by atoms with Crippen LogP contribution >= 0.6 is 0 Å². The number of rotatable bonds is 5. The summed E-state index contributed by atoms with van der Waals surface area (Å²) in [6, 6.07) is 12.9. The molecule has 0 spiro atoms. The highest BCUT2D eigenvalue weighted by Gasteiger charge is 2.06. The van der Waals surface area contributed by atoms with Crippen LogP contribution in [0.1, 0.15) is 23.0 Å². The molecule has 0 radical (unpaired) electrons. The Bertz CT molecular complexity index is 639. The Labute approximate surface area is 123 Å². The van der Waals surface area contributed by atoms with Crippen molar-refractivity contribution in [2.24, 2.45) is 5.10 Å². The molecule has 2 aromatic rings. The van der Waals surface area contributed by atoms with Crippen LogP contribution in [0, 0.1) is 0 Å². The number of ether oxygens (including phenoxy) is 1. The minimum atomic E-state index is -0.324. The van der Waals surface area contributed by atoms with Crippen LogP contribution in [-0.4, -0.2) is 23.7 Å². The van der Waals surface area contributed by atoms with Gasteiger partial charge in [-0.25, -0.2) is 5.43 Å². The molecule has 1 heterocycles. The first-order valence-corrected chi connectivity index (χ1v) is 6.57. The van der Waals surface area contributed by atoms with Crippen molar-refractivity contribution in [2.45, 2.75) is 13.3 Å². The lowest BCUT2D eigenvalue weighted by Gasteiger charge is -2.07. The molecule has 5 nitrogen and oxygen atoms in total. The number of pyridine rings is 1. The second kappa shape index (κ2) is 7.19. The monoisotopic (exact) mass is 283 g/mol. The van der Waals surface area contributed by atoms with Gasteiger partial charge in [-0.15, -0.1) is 0 Å². The van der Waals surface area contributed by atoms with Crippen molar-refractivity contribution in [3.8, 4) is 5.75 Å². The lowest BCUT2D eigenvalue weighted by molar-refractivity contribution is 0.0950. The molecule has 0 saturated carbocycles. The second-order valence-corrected chi connectivity index (χ2v) is 4.49. The van der Waals surface area contributed by atoms with E-state index in [4.69, 9.17) is 4.74 Å². The lowest BCUT2D eigenvalue weighted by atomic mass is 10.1. The van der Waals surface area contributed by atoms with Gasteiger partial charge in [0.15, 0.2) is 0 Å². The topological polar surface area (TPSA) is 63.6 Å². The number of hydrogen-bond acceptors (Lipinski definition) is 4. The number of carbonyl (C=O) groups excluding carboxylic acids is 1. The molecule has 0 aliphatic heterocycles. The molecule has 0 aliphatic rings. The number of nitrogens with zero attached hydrogens (tertiary/aromatic N) is 2. The van der Waals surface area contributed by atoms with Crippen LogP contribution in [0.4, 0.5) is 0 Å². The third-order valence-corrected chi connectivity index (χ3v) is 2.88. The van der Waals surface area contributed by atoms with Crippen LogP contribution in [0.5, 0.6) is 5.75 Å². The maximum absolute atomic E-state index is 11.8. The number of hydrogen-bond donors (Lipinski definition) is 1. The summed E-state index contributed by atoms with van der Waals surface area (Å²) in [4.78, 5) is 15.8. The highest BCUT2D eigenvalue weighted by Crippen LogP contribution is 2.17. The summed E-state index contributed by atoms with van der Waals surface area (Å²) in [6.07, 6.45) is 2.17. The number of nitrogens with one attached hydrogen (secondary N) is 1.